The van der Waals surface area contributed by atoms with E-state index in [2.05, 4.69) is 25.3 Å². The molecule has 148 valence electrons. The largest absolute Gasteiger partial charge is 0.345 e. The second-order valence-corrected chi connectivity index (χ2v) is 10.7. The first-order valence-electron chi connectivity index (χ1n) is 9.58. The lowest BCUT2D eigenvalue weighted by atomic mass is 9.93. The molecule has 0 unspecified atom stereocenters. The topological polar surface area (TPSA) is 72.3 Å². The van der Waals surface area contributed by atoms with E-state index < -0.39 is 9.84 Å². The zero-order chi connectivity index (χ0) is 19.8. The van der Waals surface area contributed by atoms with Crippen LogP contribution in [0.2, 0.25) is 0 Å². The van der Waals surface area contributed by atoms with Crippen LogP contribution in [-0.2, 0) is 26.6 Å². The fourth-order valence-corrected chi connectivity index (χ4v) is 4.63. The molecule has 0 aliphatic carbocycles. The highest BCUT2D eigenvalue weighted by atomic mass is 32.2. The first kappa shape index (κ1) is 19.9. The molecule has 1 fully saturated rings. The van der Waals surface area contributed by atoms with E-state index in [1.165, 1.54) is 0 Å². The Hall–Kier alpha value is -1.89. The van der Waals surface area contributed by atoms with Crippen molar-refractivity contribution in [1.82, 2.24) is 14.5 Å². The highest BCUT2D eigenvalue weighted by Gasteiger charge is 2.27. The highest BCUT2D eigenvalue weighted by molar-refractivity contribution is 7.91. The molecule has 6 nitrogen and oxygen atoms in total. The highest BCUT2D eigenvalue weighted by Crippen LogP contribution is 2.30. The van der Waals surface area contributed by atoms with E-state index in [9.17, 15) is 13.2 Å². The molecule has 27 heavy (non-hydrogen) atoms. The Morgan fingerprint density at radius 1 is 1.22 bits per heavy atom. The van der Waals surface area contributed by atoms with Crippen LogP contribution in [0.4, 0.5) is 0 Å². The summed E-state index contributed by atoms with van der Waals surface area (Å²) in [5.74, 6) is 1.54. The number of imidazole rings is 1. The first-order valence-corrected chi connectivity index (χ1v) is 11.2. The van der Waals surface area contributed by atoms with Crippen LogP contribution in [0.15, 0.2) is 23.1 Å². The van der Waals surface area contributed by atoms with Gasteiger partial charge in [0.15, 0.2) is 9.84 Å². The van der Waals surface area contributed by atoms with E-state index in [0.29, 0.717) is 10.8 Å². The van der Waals surface area contributed by atoms with Gasteiger partial charge in [0.25, 0.3) is 0 Å². The van der Waals surface area contributed by atoms with Crippen LogP contribution in [0.5, 0.6) is 0 Å². The average molecular weight is 392 g/mol. The Morgan fingerprint density at radius 3 is 2.44 bits per heavy atom. The van der Waals surface area contributed by atoms with Crippen molar-refractivity contribution in [1.29, 1.82) is 0 Å². The molecule has 2 heterocycles. The maximum atomic E-state index is 12.2. The minimum Gasteiger partial charge on any atom is -0.345 e. The Labute approximate surface area is 161 Å². The van der Waals surface area contributed by atoms with E-state index >= 15 is 0 Å². The Morgan fingerprint density at radius 2 is 1.89 bits per heavy atom. The second-order valence-electron chi connectivity index (χ2n) is 8.43. The van der Waals surface area contributed by atoms with E-state index in [0.717, 1.165) is 55.7 Å². The predicted molar refractivity (Wildman–Crippen MR) is 107 cm³/mol. The fourth-order valence-electron chi connectivity index (χ4n) is 3.73. The van der Waals surface area contributed by atoms with Crippen LogP contribution in [0.3, 0.4) is 0 Å². The molecule has 7 heteroatoms. The molecule has 0 bridgehead atoms. The number of nitrogens with zero attached hydrogens (tertiary/aromatic N) is 3. The quantitative estimate of drug-likeness (QED) is 0.735. The van der Waals surface area contributed by atoms with Gasteiger partial charge >= 0.3 is 0 Å². The van der Waals surface area contributed by atoms with Crippen LogP contribution >= 0.6 is 0 Å². The van der Waals surface area contributed by atoms with Gasteiger partial charge in [-0.2, -0.15) is 0 Å². The monoisotopic (exact) mass is 391 g/mol. The van der Waals surface area contributed by atoms with Gasteiger partial charge in [0, 0.05) is 25.0 Å². The lowest BCUT2D eigenvalue weighted by Crippen LogP contribution is -2.34. The summed E-state index contributed by atoms with van der Waals surface area (Å²) in [6.45, 7) is 10.5. The lowest BCUT2D eigenvalue weighted by molar-refractivity contribution is -0.119. The van der Waals surface area contributed by atoms with Crippen molar-refractivity contribution < 1.29 is 13.2 Å². The van der Waals surface area contributed by atoms with Crippen LogP contribution in [0, 0.1) is 5.92 Å². The third-order valence-corrected chi connectivity index (χ3v) is 7.10. The maximum Gasteiger partial charge on any atom is 0.209 e. The Kier molecular flexibility index (Phi) is 5.34. The SMILES string of the molecule is CCS(=O)(=O)c1ccc2c(c1)nc(C(C)(C)C)n2CC1CCN(C=O)CC1. The molecule has 3 rings (SSSR count). The second kappa shape index (κ2) is 7.26. The van der Waals surface area contributed by atoms with Gasteiger partial charge in [-0.1, -0.05) is 27.7 Å². The van der Waals surface area contributed by atoms with Gasteiger partial charge in [-0.05, 0) is 37.0 Å². The fraction of sp³-hybridized carbons (Fsp3) is 0.600. The number of carbonyl (C=O) groups is 1. The van der Waals surface area contributed by atoms with Crippen LogP contribution in [0.25, 0.3) is 11.0 Å². The summed E-state index contributed by atoms with van der Waals surface area (Å²) >= 11 is 0. The van der Waals surface area contributed by atoms with Gasteiger partial charge in [0.05, 0.1) is 21.7 Å². The number of likely N-dealkylation sites (tertiary alicyclic amines) is 1. The summed E-state index contributed by atoms with van der Waals surface area (Å²) in [5, 5.41) is 0. The van der Waals surface area contributed by atoms with Crippen LogP contribution in [0.1, 0.15) is 46.4 Å². The molecule has 0 atom stereocenters. The molecule has 1 aliphatic heterocycles. The summed E-state index contributed by atoms with van der Waals surface area (Å²) < 4.78 is 26.7. The number of rotatable bonds is 5. The van der Waals surface area contributed by atoms with E-state index in [-0.39, 0.29) is 11.2 Å². The van der Waals surface area contributed by atoms with Gasteiger partial charge in [-0.15, -0.1) is 0 Å². The number of piperidine rings is 1. The smallest absolute Gasteiger partial charge is 0.209 e. The van der Waals surface area contributed by atoms with Crippen LogP contribution in [-0.4, -0.2) is 48.1 Å². The molecule has 1 saturated heterocycles. The Balaban J connectivity index is 2.01. The number of hydrogen-bond acceptors (Lipinski definition) is 4. The van der Waals surface area contributed by atoms with Crippen LogP contribution < -0.4 is 0 Å². The van der Waals surface area contributed by atoms with Crippen molar-refractivity contribution in [3.8, 4) is 0 Å². The number of hydrogen-bond donors (Lipinski definition) is 0. The zero-order valence-electron chi connectivity index (χ0n) is 16.6. The minimum absolute atomic E-state index is 0.0840. The van der Waals surface area contributed by atoms with Crippen molar-refractivity contribution in [2.45, 2.75) is 57.4 Å². The van der Waals surface area contributed by atoms with E-state index in [1.807, 2.05) is 11.0 Å². The normalized spacial score (nSPS) is 16.8. The van der Waals surface area contributed by atoms with Gasteiger partial charge in [0.1, 0.15) is 5.82 Å². The van der Waals surface area contributed by atoms with Crippen molar-refractivity contribution in [3.05, 3.63) is 24.0 Å². The molecule has 0 saturated carbocycles. The number of amides is 1. The van der Waals surface area contributed by atoms with Gasteiger partial charge < -0.3 is 9.47 Å². The zero-order valence-corrected chi connectivity index (χ0v) is 17.4. The average Bonchev–Trinajstić information content (AvgIpc) is 3.00. The molecule has 1 aromatic carbocycles. The number of sulfone groups is 1. The number of carbonyl (C=O) groups excluding carboxylic acids is 1. The first-order chi connectivity index (χ1) is 12.7. The molecule has 0 radical (unpaired) electrons. The lowest BCUT2D eigenvalue weighted by Gasteiger charge is -2.31. The molecule has 1 amide bonds. The third kappa shape index (κ3) is 4.03. The molecule has 0 spiro atoms. The molecule has 1 aliphatic rings. The van der Waals surface area contributed by atoms with Gasteiger partial charge in [-0.3, -0.25) is 4.79 Å². The minimum atomic E-state index is -3.25. The molecule has 2 aromatic rings. The molecule has 1 aromatic heterocycles. The van der Waals surface area contributed by atoms with Gasteiger partial charge in [0.2, 0.25) is 6.41 Å². The maximum absolute atomic E-state index is 12.2. The van der Waals surface area contributed by atoms with E-state index in [1.54, 1.807) is 19.1 Å². The summed E-state index contributed by atoms with van der Waals surface area (Å²) in [6.07, 6.45) is 2.88. The Bertz CT molecular complexity index is 933. The summed E-state index contributed by atoms with van der Waals surface area (Å²) in [7, 11) is -3.25. The van der Waals surface area contributed by atoms with Crippen molar-refractivity contribution in [2.75, 3.05) is 18.8 Å². The standard InChI is InChI=1S/C20H29N3O3S/c1-5-27(25,26)16-6-7-18-17(12-16)21-19(20(2,3)4)23(18)13-15-8-10-22(14-24)11-9-15/h6-7,12,14-15H,5,8-11,13H2,1-4H3. The molecule has 0 N–H and O–H groups in total. The molecular formula is C20H29N3O3S. The molecular weight excluding hydrogens is 362 g/mol. The number of fused-ring (bicyclic) bond motifs is 1. The summed E-state index contributed by atoms with van der Waals surface area (Å²) in [4.78, 5) is 17.9. The number of aromatic nitrogens is 2. The van der Waals surface area contributed by atoms with Crippen molar-refractivity contribution in [3.63, 3.8) is 0 Å². The van der Waals surface area contributed by atoms with E-state index in [4.69, 9.17) is 4.98 Å². The van der Waals surface area contributed by atoms with Crippen molar-refractivity contribution >= 4 is 27.3 Å². The third-order valence-electron chi connectivity index (χ3n) is 5.37. The number of benzene rings is 1. The van der Waals surface area contributed by atoms with Gasteiger partial charge in [-0.25, -0.2) is 13.4 Å². The summed E-state index contributed by atoms with van der Waals surface area (Å²) in [6, 6.07) is 5.29. The summed E-state index contributed by atoms with van der Waals surface area (Å²) in [5.41, 5.74) is 1.57. The predicted octanol–water partition coefficient (Wildman–Crippen LogP) is 3.00. The van der Waals surface area contributed by atoms with Crippen molar-refractivity contribution in [2.24, 2.45) is 5.92 Å².